The van der Waals surface area contributed by atoms with Crippen molar-refractivity contribution in [2.45, 2.75) is 43.2 Å². The molecular formula is C25H23F3N2O2S. The normalized spacial score (nSPS) is 18.7. The third-order valence-corrected chi connectivity index (χ3v) is 6.69. The molecule has 0 aromatic heterocycles. The van der Waals surface area contributed by atoms with Gasteiger partial charge >= 0.3 is 6.18 Å². The van der Waals surface area contributed by atoms with Gasteiger partial charge in [0.2, 0.25) is 0 Å². The first-order valence-corrected chi connectivity index (χ1v) is 11.8. The van der Waals surface area contributed by atoms with Gasteiger partial charge in [-0.1, -0.05) is 24.3 Å². The number of dihydropyridines is 1. The predicted molar refractivity (Wildman–Crippen MR) is 123 cm³/mol. The molecule has 0 unspecified atom stereocenters. The second kappa shape index (κ2) is 9.09. The van der Waals surface area contributed by atoms with E-state index < -0.39 is 23.6 Å². The molecule has 8 heteroatoms. The Morgan fingerprint density at radius 2 is 1.79 bits per heavy atom. The molecule has 33 heavy (non-hydrogen) atoms. The van der Waals surface area contributed by atoms with Crippen molar-refractivity contribution >= 4 is 29.1 Å². The van der Waals surface area contributed by atoms with Gasteiger partial charge in [-0.05, 0) is 55.9 Å². The first kappa shape index (κ1) is 23.2. The third-order valence-electron chi connectivity index (χ3n) is 5.95. The first-order chi connectivity index (χ1) is 15.7. The van der Waals surface area contributed by atoms with Gasteiger partial charge in [-0.15, -0.1) is 11.8 Å². The number of Topliss-reactive ketones (excluding diaryl/α,β-unsaturated/α-hetero) is 1. The molecule has 2 N–H and O–H groups in total. The largest absolute Gasteiger partial charge is 0.418 e. The Hall–Kier alpha value is -3.00. The lowest BCUT2D eigenvalue weighted by Gasteiger charge is -2.34. The quantitative estimate of drug-likeness (QED) is 0.533. The number of amides is 1. The predicted octanol–water partition coefficient (Wildman–Crippen LogP) is 6.03. The summed E-state index contributed by atoms with van der Waals surface area (Å²) >= 11 is 1.57. The van der Waals surface area contributed by atoms with Crippen molar-refractivity contribution in [3.05, 3.63) is 82.2 Å². The molecular weight excluding hydrogens is 449 g/mol. The summed E-state index contributed by atoms with van der Waals surface area (Å²) in [4.78, 5) is 27.4. The summed E-state index contributed by atoms with van der Waals surface area (Å²) in [6.45, 7) is 1.72. The monoisotopic (exact) mass is 472 g/mol. The second-order valence-corrected chi connectivity index (χ2v) is 8.92. The first-order valence-electron chi connectivity index (χ1n) is 10.6. The molecule has 1 amide bonds. The van der Waals surface area contributed by atoms with Crippen LogP contribution >= 0.6 is 11.8 Å². The summed E-state index contributed by atoms with van der Waals surface area (Å²) in [5.74, 6) is -1.36. The van der Waals surface area contributed by atoms with Crippen LogP contribution in [-0.4, -0.2) is 17.9 Å². The smallest absolute Gasteiger partial charge is 0.362 e. The van der Waals surface area contributed by atoms with Crippen molar-refractivity contribution < 1.29 is 22.8 Å². The minimum absolute atomic E-state index is 0.0452. The van der Waals surface area contributed by atoms with Crippen molar-refractivity contribution in [2.24, 2.45) is 0 Å². The number of hydrogen-bond donors (Lipinski definition) is 2. The molecule has 1 atom stereocenters. The van der Waals surface area contributed by atoms with E-state index in [1.54, 1.807) is 18.7 Å². The molecule has 1 aliphatic carbocycles. The molecule has 0 saturated carbocycles. The summed E-state index contributed by atoms with van der Waals surface area (Å²) < 4.78 is 40.4. The summed E-state index contributed by atoms with van der Waals surface area (Å²) in [6.07, 6.45) is -0.878. The van der Waals surface area contributed by atoms with E-state index in [9.17, 15) is 22.8 Å². The van der Waals surface area contributed by atoms with Crippen LogP contribution in [0.25, 0.3) is 0 Å². The van der Waals surface area contributed by atoms with E-state index in [0.717, 1.165) is 28.6 Å². The Labute approximate surface area is 194 Å². The molecule has 0 spiro atoms. The second-order valence-electron chi connectivity index (χ2n) is 8.04. The number of alkyl halides is 3. The minimum atomic E-state index is -4.61. The van der Waals surface area contributed by atoms with Crippen molar-refractivity contribution in [3.63, 3.8) is 0 Å². The van der Waals surface area contributed by atoms with Crippen molar-refractivity contribution in [1.82, 2.24) is 5.32 Å². The van der Waals surface area contributed by atoms with Crippen LogP contribution in [0.3, 0.4) is 0 Å². The standard InChI is InChI=1S/C25H23F3N2O2S/c1-14-21(24(32)30-18-7-4-3-6-17(18)25(26,27)28)22(15-10-12-16(33-2)13-11-15)23-19(29-14)8-5-9-20(23)31/h3-4,6-7,10-13,22,29H,5,8-9H2,1-2H3,(H,30,32)/t22-/m1/s1. The van der Waals surface area contributed by atoms with Gasteiger partial charge in [-0.3, -0.25) is 9.59 Å². The number of hydrogen-bond acceptors (Lipinski definition) is 4. The molecule has 2 aliphatic rings. The maximum atomic E-state index is 13.5. The molecule has 1 heterocycles. The van der Waals surface area contributed by atoms with Crippen LogP contribution in [-0.2, 0) is 15.8 Å². The number of para-hydroxylation sites is 1. The van der Waals surface area contributed by atoms with Gasteiger partial charge in [0.15, 0.2) is 5.78 Å². The van der Waals surface area contributed by atoms with E-state index in [-0.39, 0.29) is 17.0 Å². The summed E-state index contributed by atoms with van der Waals surface area (Å²) in [5, 5.41) is 5.64. The van der Waals surface area contributed by atoms with Gasteiger partial charge in [0.1, 0.15) is 0 Å². The van der Waals surface area contributed by atoms with Crippen molar-refractivity contribution in [2.75, 3.05) is 11.6 Å². The number of benzene rings is 2. The highest BCUT2D eigenvalue weighted by Crippen LogP contribution is 2.43. The van der Waals surface area contributed by atoms with Crippen LogP contribution in [0.15, 0.2) is 76.0 Å². The molecule has 4 nitrogen and oxygen atoms in total. The van der Waals surface area contributed by atoms with Crippen LogP contribution in [0.5, 0.6) is 0 Å². The lowest BCUT2D eigenvalue weighted by atomic mass is 9.75. The van der Waals surface area contributed by atoms with E-state index >= 15 is 0 Å². The minimum Gasteiger partial charge on any atom is -0.362 e. The van der Waals surface area contributed by atoms with Crippen LogP contribution in [0.2, 0.25) is 0 Å². The van der Waals surface area contributed by atoms with Crippen LogP contribution in [0, 0.1) is 0 Å². The number of carbonyl (C=O) groups is 2. The van der Waals surface area contributed by atoms with E-state index in [0.29, 0.717) is 24.1 Å². The summed E-state index contributed by atoms with van der Waals surface area (Å²) in [7, 11) is 0. The Balaban J connectivity index is 1.78. The highest BCUT2D eigenvalue weighted by Gasteiger charge is 2.39. The maximum Gasteiger partial charge on any atom is 0.418 e. The molecule has 0 saturated heterocycles. The van der Waals surface area contributed by atoms with E-state index in [4.69, 9.17) is 0 Å². The number of thioether (sulfide) groups is 1. The Morgan fingerprint density at radius 1 is 1.09 bits per heavy atom. The average Bonchev–Trinajstić information content (AvgIpc) is 2.78. The molecule has 2 aromatic rings. The van der Waals surface area contributed by atoms with E-state index in [2.05, 4.69) is 10.6 Å². The molecule has 172 valence electrons. The van der Waals surface area contributed by atoms with Crippen LogP contribution in [0.1, 0.15) is 43.2 Å². The summed E-state index contributed by atoms with van der Waals surface area (Å²) in [5.41, 5.74) is 1.61. The Bertz CT molecular complexity index is 1170. The lowest BCUT2D eigenvalue weighted by molar-refractivity contribution is -0.137. The lowest BCUT2D eigenvalue weighted by Crippen LogP contribution is -2.35. The van der Waals surface area contributed by atoms with Gasteiger partial charge in [0.05, 0.1) is 11.3 Å². The molecule has 2 aromatic carbocycles. The zero-order valence-corrected chi connectivity index (χ0v) is 19.0. The van der Waals surface area contributed by atoms with Crippen LogP contribution in [0.4, 0.5) is 18.9 Å². The Morgan fingerprint density at radius 3 is 2.45 bits per heavy atom. The van der Waals surface area contributed by atoms with Gasteiger partial charge < -0.3 is 10.6 Å². The number of rotatable bonds is 4. The number of anilines is 1. The number of nitrogens with one attached hydrogen (secondary N) is 2. The zero-order valence-electron chi connectivity index (χ0n) is 18.2. The fourth-order valence-corrected chi connectivity index (χ4v) is 4.85. The fraction of sp³-hybridized carbons (Fsp3) is 0.280. The van der Waals surface area contributed by atoms with E-state index in [1.165, 1.54) is 18.2 Å². The number of carbonyl (C=O) groups excluding carboxylic acids is 2. The number of ketones is 1. The van der Waals surface area contributed by atoms with Crippen molar-refractivity contribution in [3.8, 4) is 0 Å². The van der Waals surface area contributed by atoms with Gasteiger partial charge in [-0.25, -0.2) is 0 Å². The summed E-state index contributed by atoms with van der Waals surface area (Å²) in [6, 6.07) is 12.5. The highest BCUT2D eigenvalue weighted by atomic mass is 32.2. The van der Waals surface area contributed by atoms with Gasteiger partial charge in [0, 0.05) is 39.8 Å². The Kier molecular flexibility index (Phi) is 6.38. The SMILES string of the molecule is CSc1ccc([C@@H]2C(C(=O)Nc3ccccc3C(F)(F)F)=C(C)NC3=C2C(=O)CCC3)cc1. The van der Waals surface area contributed by atoms with Gasteiger partial charge in [0.25, 0.3) is 5.91 Å². The molecule has 0 fully saturated rings. The fourth-order valence-electron chi connectivity index (χ4n) is 4.44. The zero-order chi connectivity index (χ0) is 23.8. The topological polar surface area (TPSA) is 58.2 Å². The molecule has 1 aliphatic heterocycles. The van der Waals surface area contributed by atoms with E-state index in [1.807, 2.05) is 30.5 Å². The average molecular weight is 473 g/mol. The highest BCUT2D eigenvalue weighted by molar-refractivity contribution is 7.98. The molecule has 0 bridgehead atoms. The molecule has 0 radical (unpaired) electrons. The maximum absolute atomic E-state index is 13.5. The van der Waals surface area contributed by atoms with Crippen LogP contribution < -0.4 is 10.6 Å². The number of allylic oxidation sites excluding steroid dienone is 3. The number of halogens is 3. The van der Waals surface area contributed by atoms with Crippen molar-refractivity contribution in [1.29, 1.82) is 0 Å². The third kappa shape index (κ3) is 4.57. The molecule has 4 rings (SSSR count). The van der Waals surface area contributed by atoms with Gasteiger partial charge in [-0.2, -0.15) is 13.2 Å².